The summed E-state index contributed by atoms with van der Waals surface area (Å²) in [5, 5.41) is 8.39. The molecule has 3 aromatic carbocycles. The summed E-state index contributed by atoms with van der Waals surface area (Å²) in [6.45, 7) is 0. The smallest absolute Gasteiger partial charge is 0.197 e. The number of aliphatic imine (C=N–C) groups is 1. The zero-order valence-electron chi connectivity index (χ0n) is 15.1. The Kier molecular flexibility index (Phi) is 4.50. The highest BCUT2D eigenvalue weighted by atomic mass is 35.5. The van der Waals surface area contributed by atoms with Crippen molar-refractivity contribution in [1.82, 2.24) is 5.32 Å². The number of benzene rings is 3. The van der Waals surface area contributed by atoms with Gasteiger partial charge in [0, 0.05) is 26.9 Å². The average Bonchev–Trinajstić information content (AvgIpc) is 3.12. The molecule has 1 aliphatic heterocycles. The number of halogens is 2. The van der Waals surface area contributed by atoms with E-state index >= 15 is 0 Å². The first kappa shape index (κ1) is 17.6. The number of fused-ring (bicyclic) bond motifs is 2. The van der Waals surface area contributed by atoms with Crippen molar-refractivity contribution in [3.63, 3.8) is 0 Å². The average molecular weight is 408 g/mol. The molecular formula is C23H19Cl2N3. The van der Waals surface area contributed by atoms with Gasteiger partial charge in [0.1, 0.15) is 6.04 Å². The Balaban J connectivity index is 1.53. The summed E-state index contributed by atoms with van der Waals surface area (Å²) < 4.78 is 0. The van der Waals surface area contributed by atoms with Crippen molar-refractivity contribution < 1.29 is 0 Å². The minimum absolute atomic E-state index is 0.206. The van der Waals surface area contributed by atoms with E-state index in [-0.39, 0.29) is 12.1 Å². The fourth-order valence-electron chi connectivity index (χ4n) is 4.11. The maximum Gasteiger partial charge on any atom is 0.197 e. The summed E-state index contributed by atoms with van der Waals surface area (Å²) in [6, 6.07) is 22.4. The Hall–Kier alpha value is -2.49. The number of guanidine groups is 1. The molecule has 0 fully saturated rings. The van der Waals surface area contributed by atoms with Crippen LogP contribution in [0.15, 0.2) is 71.7 Å². The molecular weight excluding hydrogens is 389 g/mol. The van der Waals surface area contributed by atoms with Gasteiger partial charge in [-0.25, -0.2) is 4.99 Å². The third kappa shape index (κ3) is 3.15. The van der Waals surface area contributed by atoms with Gasteiger partial charge in [-0.3, -0.25) is 0 Å². The second-order valence-electron chi connectivity index (χ2n) is 7.19. The highest BCUT2D eigenvalue weighted by Gasteiger charge is 2.28. The van der Waals surface area contributed by atoms with Crippen LogP contribution in [0.5, 0.6) is 0 Å². The quantitative estimate of drug-likeness (QED) is 0.534. The number of para-hydroxylation sites is 1. The standard InChI is InChI=1S/C23H19Cl2N3/c24-15-10-11-19(25)18(13-15)22-17-7-3-4-8-20(17)26-23(28-22)27-21-12-9-14-5-1-2-6-16(14)21/h1-8,10-11,13,21-22H,9,12H2,(H2,26,27,28)/t21?,22-/m1/s1. The topological polar surface area (TPSA) is 36.4 Å². The van der Waals surface area contributed by atoms with Crippen molar-refractivity contribution in [1.29, 1.82) is 0 Å². The molecule has 3 aromatic rings. The molecule has 1 aliphatic carbocycles. The second kappa shape index (κ2) is 7.16. The van der Waals surface area contributed by atoms with Crippen molar-refractivity contribution in [3.05, 3.63) is 99.0 Å². The van der Waals surface area contributed by atoms with E-state index in [2.05, 4.69) is 47.0 Å². The molecule has 3 nitrogen and oxygen atoms in total. The lowest BCUT2D eigenvalue weighted by Crippen LogP contribution is -2.36. The Morgan fingerprint density at radius 1 is 0.893 bits per heavy atom. The molecule has 2 aliphatic rings. The van der Waals surface area contributed by atoms with E-state index in [0.29, 0.717) is 10.0 Å². The summed E-state index contributed by atoms with van der Waals surface area (Å²) in [5.74, 6) is 0.765. The molecule has 140 valence electrons. The third-order valence-corrected chi connectivity index (χ3v) is 6.04. The van der Waals surface area contributed by atoms with Crippen LogP contribution in [0.25, 0.3) is 0 Å². The number of nitrogens with zero attached hydrogens (tertiary/aromatic N) is 1. The van der Waals surface area contributed by atoms with Gasteiger partial charge >= 0.3 is 0 Å². The lowest BCUT2D eigenvalue weighted by atomic mass is 9.96. The van der Waals surface area contributed by atoms with E-state index in [1.165, 1.54) is 11.1 Å². The normalized spacial score (nSPS) is 20.0. The Morgan fingerprint density at radius 3 is 2.57 bits per heavy atom. The van der Waals surface area contributed by atoms with E-state index in [1.54, 1.807) is 6.07 Å². The monoisotopic (exact) mass is 407 g/mol. The molecule has 5 heteroatoms. The first-order valence-electron chi connectivity index (χ1n) is 9.42. The van der Waals surface area contributed by atoms with Gasteiger partial charge in [-0.05, 0) is 48.2 Å². The molecule has 0 saturated carbocycles. The Labute approximate surface area is 174 Å². The first-order valence-corrected chi connectivity index (χ1v) is 10.2. The number of hydrogen-bond acceptors (Lipinski definition) is 3. The fourth-order valence-corrected chi connectivity index (χ4v) is 4.52. The van der Waals surface area contributed by atoms with Gasteiger partial charge in [-0.2, -0.15) is 0 Å². The molecule has 0 amide bonds. The van der Waals surface area contributed by atoms with Crippen LogP contribution in [0.4, 0.5) is 5.69 Å². The van der Waals surface area contributed by atoms with Crippen LogP contribution in [-0.2, 0) is 6.42 Å². The van der Waals surface area contributed by atoms with Gasteiger partial charge in [0.25, 0.3) is 0 Å². The van der Waals surface area contributed by atoms with E-state index in [4.69, 9.17) is 28.2 Å². The summed E-state index contributed by atoms with van der Waals surface area (Å²) in [4.78, 5) is 4.98. The summed E-state index contributed by atoms with van der Waals surface area (Å²) in [5.41, 5.74) is 5.79. The number of hydrogen-bond donors (Lipinski definition) is 2. The van der Waals surface area contributed by atoms with Crippen molar-refractivity contribution in [2.75, 3.05) is 5.32 Å². The van der Waals surface area contributed by atoms with Crippen molar-refractivity contribution in [3.8, 4) is 0 Å². The molecule has 0 saturated heterocycles. The minimum atomic E-state index is -0.206. The van der Waals surface area contributed by atoms with Gasteiger partial charge in [0.2, 0.25) is 0 Å². The molecule has 0 spiro atoms. The second-order valence-corrected chi connectivity index (χ2v) is 8.04. The lowest BCUT2D eigenvalue weighted by molar-refractivity contribution is 0.633. The Morgan fingerprint density at radius 2 is 1.68 bits per heavy atom. The van der Waals surface area contributed by atoms with E-state index in [9.17, 15) is 0 Å². The van der Waals surface area contributed by atoms with Crippen LogP contribution in [0.3, 0.4) is 0 Å². The molecule has 2 atom stereocenters. The summed E-state index contributed by atoms with van der Waals surface area (Å²) >= 11 is 12.8. The van der Waals surface area contributed by atoms with Gasteiger partial charge in [-0.1, -0.05) is 65.7 Å². The lowest BCUT2D eigenvalue weighted by Gasteiger charge is -2.28. The predicted octanol–water partition coefficient (Wildman–Crippen LogP) is 6.14. The number of nitrogens with one attached hydrogen (secondary N) is 2. The molecule has 0 radical (unpaired) electrons. The molecule has 0 aromatic heterocycles. The molecule has 0 bridgehead atoms. The van der Waals surface area contributed by atoms with Crippen LogP contribution < -0.4 is 10.6 Å². The van der Waals surface area contributed by atoms with Crippen molar-refractivity contribution >= 4 is 34.8 Å². The highest BCUT2D eigenvalue weighted by Crippen LogP contribution is 2.39. The van der Waals surface area contributed by atoms with Crippen LogP contribution in [-0.4, -0.2) is 5.96 Å². The van der Waals surface area contributed by atoms with Crippen molar-refractivity contribution in [2.45, 2.75) is 24.9 Å². The molecule has 1 unspecified atom stereocenters. The summed E-state index contributed by atoms with van der Waals surface area (Å²) in [6.07, 6.45) is 2.14. The largest absolute Gasteiger partial charge is 0.349 e. The molecule has 28 heavy (non-hydrogen) atoms. The minimum Gasteiger partial charge on any atom is -0.349 e. The third-order valence-electron chi connectivity index (χ3n) is 5.46. The summed E-state index contributed by atoms with van der Waals surface area (Å²) in [7, 11) is 0. The molecule has 5 rings (SSSR count). The fraction of sp³-hybridized carbons (Fsp3) is 0.174. The zero-order chi connectivity index (χ0) is 19.1. The maximum atomic E-state index is 6.51. The van der Waals surface area contributed by atoms with Gasteiger partial charge < -0.3 is 10.6 Å². The van der Waals surface area contributed by atoms with E-state index in [1.807, 2.05) is 24.3 Å². The van der Waals surface area contributed by atoms with Gasteiger partial charge in [0.15, 0.2) is 5.96 Å². The van der Waals surface area contributed by atoms with Crippen LogP contribution in [0, 0.1) is 0 Å². The number of anilines is 1. The maximum absolute atomic E-state index is 6.51. The van der Waals surface area contributed by atoms with E-state index < -0.39 is 0 Å². The number of rotatable bonds is 2. The van der Waals surface area contributed by atoms with Crippen molar-refractivity contribution in [2.24, 2.45) is 4.99 Å². The zero-order valence-corrected chi connectivity index (χ0v) is 16.6. The number of aryl methyl sites for hydroxylation is 1. The van der Waals surface area contributed by atoms with Gasteiger partial charge in [-0.15, -0.1) is 0 Å². The van der Waals surface area contributed by atoms with Crippen LogP contribution in [0.1, 0.15) is 40.8 Å². The predicted molar refractivity (Wildman–Crippen MR) is 116 cm³/mol. The molecule has 2 N–H and O–H groups in total. The molecule has 1 heterocycles. The van der Waals surface area contributed by atoms with Gasteiger partial charge in [0.05, 0.1) is 6.04 Å². The highest BCUT2D eigenvalue weighted by molar-refractivity contribution is 6.33. The SMILES string of the molecule is Clc1ccc(Cl)c([C@@H]2N=C(NC3CCc4ccccc43)Nc3ccccc32)c1. The van der Waals surface area contributed by atoms with Crippen LogP contribution >= 0.6 is 23.2 Å². The van der Waals surface area contributed by atoms with E-state index in [0.717, 1.165) is 35.6 Å². The first-order chi connectivity index (χ1) is 13.7. The Bertz CT molecular complexity index is 1080. The van der Waals surface area contributed by atoms with Crippen LogP contribution in [0.2, 0.25) is 10.0 Å².